The number of aromatic nitrogens is 2. The normalized spacial score (nSPS) is 18.8. The molecule has 1 aliphatic rings. The molecule has 0 radical (unpaired) electrons. The third-order valence-electron chi connectivity index (χ3n) is 5.14. The van der Waals surface area contributed by atoms with Crippen LogP contribution in [-0.2, 0) is 4.74 Å². The highest BCUT2D eigenvalue weighted by Gasteiger charge is 2.37. The largest absolute Gasteiger partial charge is 0.493 e. The summed E-state index contributed by atoms with van der Waals surface area (Å²) in [6.45, 7) is 2.27. The molecule has 0 bridgehead atoms. The van der Waals surface area contributed by atoms with Crippen LogP contribution in [0.5, 0.6) is 11.5 Å². The average Bonchev–Trinajstić information content (AvgIpc) is 2.77. The third-order valence-corrected chi connectivity index (χ3v) is 5.14. The summed E-state index contributed by atoms with van der Waals surface area (Å²) in [5.74, 6) is 1.45. The lowest BCUT2D eigenvalue weighted by molar-refractivity contribution is -0.0812. The lowest BCUT2D eigenvalue weighted by atomic mass is 9.96. The van der Waals surface area contributed by atoms with Crippen molar-refractivity contribution >= 4 is 11.9 Å². The Labute approximate surface area is 176 Å². The van der Waals surface area contributed by atoms with Crippen LogP contribution < -0.4 is 14.4 Å². The molecule has 1 saturated heterocycles. The zero-order chi connectivity index (χ0) is 21.8. The van der Waals surface area contributed by atoms with Crippen LogP contribution in [0.15, 0.2) is 24.4 Å². The highest BCUT2D eigenvalue weighted by atomic mass is 16.5. The van der Waals surface area contributed by atoms with E-state index in [0.717, 1.165) is 5.56 Å². The number of ether oxygens (including phenoxy) is 3. The van der Waals surface area contributed by atoms with E-state index in [2.05, 4.69) is 9.97 Å². The van der Waals surface area contributed by atoms with E-state index in [1.165, 1.54) is 0 Å². The Morgan fingerprint density at radius 2 is 2.03 bits per heavy atom. The van der Waals surface area contributed by atoms with Crippen LogP contribution >= 0.6 is 0 Å². The molecule has 1 amide bonds. The lowest BCUT2D eigenvalue weighted by Gasteiger charge is -2.41. The predicted octanol–water partition coefficient (Wildman–Crippen LogP) is 1.44. The molecule has 0 unspecified atom stereocenters. The van der Waals surface area contributed by atoms with Gasteiger partial charge in [0.15, 0.2) is 11.5 Å². The van der Waals surface area contributed by atoms with Gasteiger partial charge in [0.2, 0.25) is 5.95 Å². The number of anilines is 1. The first-order valence-corrected chi connectivity index (χ1v) is 9.67. The fourth-order valence-electron chi connectivity index (χ4n) is 3.58. The van der Waals surface area contributed by atoms with E-state index in [1.54, 1.807) is 49.3 Å². The summed E-state index contributed by atoms with van der Waals surface area (Å²) in [5, 5.41) is 9.92. The molecule has 1 aromatic carbocycles. The first kappa shape index (κ1) is 21.8. The van der Waals surface area contributed by atoms with E-state index in [4.69, 9.17) is 14.2 Å². The molecular formula is C21H28N4O5. The first-order chi connectivity index (χ1) is 14.4. The number of hydrogen-bond donors (Lipinski definition) is 1. The number of methoxy groups -OCH3 is 2. The molecule has 2 heterocycles. The van der Waals surface area contributed by atoms with Crippen LogP contribution in [0, 0.1) is 6.92 Å². The first-order valence-electron chi connectivity index (χ1n) is 9.67. The van der Waals surface area contributed by atoms with Gasteiger partial charge in [-0.2, -0.15) is 0 Å². The molecule has 0 aliphatic carbocycles. The maximum Gasteiger partial charge on any atom is 0.257 e. The lowest BCUT2D eigenvalue weighted by Crippen LogP contribution is -2.49. The molecule has 3 rings (SSSR count). The number of amides is 1. The number of rotatable bonds is 6. The van der Waals surface area contributed by atoms with Gasteiger partial charge in [-0.3, -0.25) is 4.79 Å². The number of hydrogen-bond acceptors (Lipinski definition) is 8. The Hall–Kier alpha value is -2.91. The minimum Gasteiger partial charge on any atom is -0.493 e. The number of morpholine rings is 1. The fourth-order valence-corrected chi connectivity index (χ4v) is 3.58. The Morgan fingerprint density at radius 3 is 2.63 bits per heavy atom. The summed E-state index contributed by atoms with van der Waals surface area (Å²) in [6, 6.07) is 4.94. The molecule has 1 fully saturated rings. The zero-order valence-corrected chi connectivity index (χ0v) is 18.0. The summed E-state index contributed by atoms with van der Waals surface area (Å²) in [4.78, 5) is 25.7. The molecule has 30 heavy (non-hydrogen) atoms. The highest BCUT2D eigenvalue weighted by Crippen LogP contribution is 2.36. The Morgan fingerprint density at radius 1 is 1.30 bits per heavy atom. The van der Waals surface area contributed by atoms with Gasteiger partial charge in [0.1, 0.15) is 6.10 Å². The smallest absolute Gasteiger partial charge is 0.257 e. The molecule has 1 N–H and O–H groups in total. The van der Waals surface area contributed by atoms with E-state index in [1.807, 2.05) is 20.2 Å². The maximum absolute atomic E-state index is 13.5. The molecule has 2 atom stereocenters. The van der Waals surface area contributed by atoms with E-state index in [-0.39, 0.29) is 12.5 Å². The molecule has 0 spiro atoms. The van der Waals surface area contributed by atoms with Gasteiger partial charge < -0.3 is 29.1 Å². The quantitative estimate of drug-likeness (QED) is 0.756. The van der Waals surface area contributed by atoms with Crippen molar-refractivity contribution in [2.45, 2.75) is 19.1 Å². The number of benzene rings is 1. The molecule has 9 heteroatoms. The zero-order valence-electron chi connectivity index (χ0n) is 18.0. The molecule has 1 aromatic heterocycles. The third kappa shape index (κ3) is 4.17. The SMILES string of the molecule is COc1ccc([C@@H]2[C@@H](CO)OCCN2C(=O)c2cnc(N(C)C)nc2C)cc1OC. The standard InChI is InChI=1S/C21H28N4O5/c1-13-15(11-22-21(23-13)24(2)3)20(27)25-8-9-30-18(12-26)19(25)14-6-7-16(28-4)17(10-14)29-5/h6-7,10-11,18-19,26H,8-9,12H2,1-5H3/t18-,19-/m1/s1. The second kappa shape index (κ2) is 9.27. The Kier molecular flexibility index (Phi) is 6.73. The van der Waals surface area contributed by atoms with Crippen molar-refractivity contribution < 1.29 is 24.1 Å². The van der Waals surface area contributed by atoms with E-state index >= 15 is 0 Å². The molecule has 9 nitrogen and oxygen atoms in total. The van der Waals surface area contributed by atoms with Gasteiger partial charge in [-0.15, -0.1) is 0 Å². The van der Waals surface area contributed by atoms with Gasteiger partial charge in [0, 0.05) is 26.8 Å². The van der Waals surface area contributed by atoms with Crippen molar-refractivity contribution in [2.24, 2.45) is 0 Å². The van der Waals surface area contributed by atoms with Gasteiger partial charge in [0.25, 0.3) is 5.91 Å². The molecule has 2 aromatic rings. The fraction of sp³-hybridized carbons (Fsp3) is 0.476. The van der Waals surface area contributed by atoms with Gasteiger partial charge in [-0.05, 0) is 24.6 Å². The van der Waals surface area contributed by atoms with Gasteiger partial charge in [-0.25, -0.2) is 9.97 Å². The highest BCUT2D eigenvalue weighted by molar-refractivity contribution is 5.95. The summed E-state index contributed by atoms with van der Waals surface area (Å²) in [5.41, 5.74) is 1.80. The summed E-state index contributed by atoms with van der Waals surface area (Å²) in [6.07, 6.45) is 0.984. The number of aryl methyl sites for hydroxylation is 1. The number of nitrogens with zero attached hydrogens (tertiary/aromatic N) is 4. The second-order valence-electron chi connectivity index (χ2n) is 7.21. The van der Waals surface area contributed by atoms with Gasteiger partial charge >= 0.3 is 0 Å². The van der Waals surface area contributed by atoms with E-state index in [9.17, 15) is 9.90 Å². The Bertz CT molecular complexity index is 905. The summed E-state index contributed by atoms with van der Waals surface area (Å²) in [7, 11) is 6.81. The van der Waals surface area contributed by atoms with Crippen LogP contribution in [0.1, 0.15) is 27.7 Å². The van der Waals surface area contributed by atoms with Crippen LogP contribution in [0.2, 0.25) is 0 Å². The number of carbonyl (C=O) groups excluding carboxylic acids is 1. The maximum atomic E-state index is 13.5. The molecular weight excluding hydrogens is 388 g/mol. The Balaban J connectivity index is 2.00. The number of carbonyl (C=O) groups is 1. The molecule has 1 aliphatic heterocycles. The number of aliphatic hydroxyl groups is 1. The second-order valence-corrected chi connectivity index (χ2v) is 7.21. The van der Waals surface area contributed by atoms with E-state index in [0.29, 0.717) is 41.9 Å². The van der Waals surface area contributed by atoms with Crippen LogP contribution in [0.4, 0.5) is 5.95 Å². The summed E-state index contributed by atoms with van der Waals surface area (Å²) < 4.78 is 16.5. The van der Waals surface area contributed by atoms with Crippen molar-refractivity contribution in [3.8, 4) is 11.5 Å². The average molecular weight is 416 g/mol. The van der Waals surface area contributed by atoms with Gasteiger partial charge in [0.05, 0.1) is 44.7 Å². The monoisotopic (exact) mass is 416 g/mol. The van der Waals surface area contributed by atoms with Crippen LogP contribution in [-0.4, -0.2) is 80.1 Å². The number of aliphatic hydroxyl groups excluding tert-OH is 1. The minimum atomic E-state index is -0.567. The van der Waals surface area contributed by atoms with Gasteiger partial charge in [-0.1, -0.05) is 6.07 Å². The van der Waals surface area contributed by atoms with Crippen LogP contribution in [0.25, 0.3) is 0 Å². The molecule has 162 valence electrons. The van der Waals surface area contributed by atoms with Crippen molar-refractivity contribution in [3.05, 3.63) is 41.2 Å². The predicted molar refractivity (Wildman–Crippen MR) is 111 cm³/mol. The van der Waals surface area contributed by atoms with Crippen molar-refractivity contribution in [2.75, 3.05) is 53.0 Å². The van der Waals surface area contributed by atoms with Crippen LogP contribution in [0.3, 0.4) is 0 Å². The van der Waals surface area contributed by atoms with Crippen molar-refractivity contribution in [3.63, 3.8) is 0 Å². The van der Waals surface area contributed by atoms with E-state index < -0.39 is 12.1 Å². The summed E-state index contributed by atoms with van der Waals surface area (Å²) >= 11 is 0. The molecule has 0 saturated carbocycles. The van der Waals surface area contributed by atoms with Crippen molar-refractivity contribution in [1.82, 2.24) is 14.9 Å². The van der Waals surface area contributed by atoms with Crippen molar-refractivity contribution in [1.29, 1.82) is 0 Å². The minimum absolute atomic E-state index is 0.209. The topological polar surface area (TPSA) is 97.2 Å².